The van der Waals surface area contributed by atoms with Gasteiger partial charge in [0.05, 0.1) is 12.6 Å². The van der Waals surface area contributed by atoms with Gasteiger partial charge in [-0.1, -0.05) is 12.8 Å². The van der Waals surface area contributed by atoms with E-state index in [1.807, 2.05) is 0 Å². The van der Waals surface area contributed by atoms with Crippen LogP contribution in [0.4, 0.5) is 0 Å². The molecule has 1 fully saturated rings. The Morgan fingerprint density at radius 1 is 1.50 bits per heavy atom. The molecule has 1 N–H and O–H groups in total. The van der Waals surface area contributed by atoms with E-state index in [2.05, 4.69) is 24.1 Å². The Hall–Kier alpha value is -1.01. The fourth-order valence-electron chi connectivity index (χ4n) is 1.57. The molecule has 0 radical (unpaired) electrons. The maximum absolute atomic E-state index is 10.9. The summed E-state index contributed by atoms with van der Waals surface area (Å²) < 4.78 is 4.71. The summed E-state index contributed by atoms with van der Waals surface area (Å²) in [5, 5.41) is 3.36. The molecule has 0 aliphatic carbocycles. The fraction of sp³-hybridized carbons (Fsp3) is 0.727. The molecule has 0 aromatic rings. The van der Waals surface area contributed by atoms with E-state index in [0.29, 0.717) is 12.6 Å². The first-order valence-electron chi connectivity index (χ1n) is 5.20. The summed E-state index contributed by atoms with van der Waals surface area (Å²) in [6.07, 6.45) is 3.31. The Bertz CT molecular complexity index is 252. The Kier molecular flexibility index (Phi) is 4.48. The number of esters is 1. The normalized spacial score (nSPS) is 25.3. The highest BCUT2D eigenvalue weighted by atomic mass is 16.5. The summed E-state index contributed by atoms with van der Waals surface area (Å²) >= 11 is 0. The van der Waals surface area contributed by atoms with Gasteiger partial charge in [-0.15, -0.1) is 0 Å². The average molecular weight is 195 g/mol. The second-order valence-corrected chi connectivity index (χ2v) is 3.39. The number of nitrogens with one attached hydrogen (secondary N) is 1. The molecule has 0 bridgehead atoms. The molecule has 3 heteroatoms. The van der Waals surface area contributed by atoms with E-state index in [1.165, 1.54) is 0 Å². The van der Waals surface area contributed by atoms with E-state index in [4.69, 9.17) is 4.74 Å². The zero-order valence-corrected chi connectivity index (χ0v) is 8.80. The van der Waals surface area contributed by atoms with Crippen molar-refractivity contribution in [1.29, 1.82) is 0 Å². The first-order valence-corrected chi connectivity index (χ1v) is 5.20. The SMILES string of the molecule is CCOC(=O)C#CC1CCC(CC)N1. The van der Waals surface area contributed by atoms with E-state index in [9.17, 15) is 4.79 Å². The summed E-state index contributed by atoms with van der Waals surface area (Å²) in [6.45, 7) is 4.32. The minimum atomic E-state index is -0.422. The Morgan fingerprint density at radius 3 is 2.86 bits per heavy atom. The van der Waals surface area contributed by atoms with Gasteiger partial charge in [0, 0.05) is 12.0 Å². The topological polar surface area (TPSA) is 38.3 Å². The van der Waals surface area contributed by atoms with Gasteiger partial charge in [-0.25, -0.2) is 4.79 Å². The van der Waals surface area contributed by atoms with Gasteiger partial charge in [-0.2, -0.15) is 0 Å². The minimum Gasteiger partial charge on any atom is -0.456 e. The van der Waals surface area contributed by atoms with E-state index in [-0.39, 0.29) is 6.04 Å². The van der Waals surface area contributed by atoms with Crippen LogP contribution in [-0.4, -0.2) is 24.7 Å². The van der Waals surface area contributed by atoms with Crippen molar-refractivity contribution >= 4 is 5.97 Å². The van der Waals surface area contributed by atoms with Crippen molar-refractivity contribution < 1.29 is 9.53 Å². The van der Waals surface area contributed by atoms with Crippen molar-refractivity contribution in [3.8, 4) is 11.8 Å². The zero-order valence-electron chi connectivity index (χ0n) is 8.80. The number of carbonyl (C=O) groups is 1. The van der Waals surface area contributed by atoms with Crippen molar-refractivity contribution in [2.24, 2.45) is 0 Å². The third-order valence-electron chi connectivity index (χ3n) is 2.36. The van der Waals surface area contributed by atoms with Crippen LogP contribution in [0.1, 0.15) is 33.1 Å². The molecule has 3 nitrogen and oxygen atoms in total. The lowest BCUT2D eigenvalue weighted by molar-refractivity contribution is -0.136. The molecule has 14 heavy (non-hydrogen) atoms. The van der Waals surface area contributed by atoms with Crippen LogP contribution in [0.15, 0.2) is 0 Å². The monoisotopic (exact) mass is 195 g/mol. The summed E-state index contributed by atoms with van der Waals surface area (Å²) in [7, 11) is 0. The number of hydrogen-bond donors (Lipinski definition) is 1. The number of hydrogen-bond acceptors (Lipinski definition) is 3. The van der Waals surface area contributed by atoms with Gasteiger partial charge in [-0.05, 0) is 26.2 Å². The Morgan fingerprint density at radius 2 is 2.29 bits per heavy atom. The van der Waals surface area contributed by atoms with Crippen LogP contribution >= 0.6 is 0 Å². The molecule has 78 valence electrons. The van der Waals surface area contributed by atoms with Crippen molar-refractivity contribution in [3.63, 3.8) is 0 Å². The molecule has 0 spiro atoms. The third-order valence-corrected chi connectivity index (χ3v) is 2.36. The third kappa shape index (κ3) is 3.39. The summed E-state index contributed by atoms with van der Waals surface area (Å²) in [5.74, 6) is 4.97. The second-order valence-electron chi connectivity index (χ2n) is 3.39. The number of rotatable bonds is 2. The molecule has 1 aliphatic rings. The quantitative estimate of drug-likeness (QED) is 0.407. The lowest BCUT2D eigenvalue weighted by Crippen LogP contribution is -2.27. The van der Waals surface area contributed by atoms with Gasteiger partial charge in [0.25, 0.3) is 0 Å². The largest absolute Gasteiger partial charge is 0.456 e. The highest BCUT2D eigenvalue weighted by Crippen LogP contribution is 2.13. The molecule has 0 saturated carbocycles. The van der Waals surface area contributed by atoms with Crippen LogP contribution in [0.25, 0.3) is 0 Å². The maximum Gasteiger partial charge on any atom is 0.384 e. The smallest absolute Gasteiger partial charge is 0.384 e. The van der Waals surface area contributed by atoms with Gasteiger partial charge < -0.3 is 10.1 Å². The average Bonchev–Trinajstić information content (AvgIpc) is 2.63. The van der Waals surface area contributed by atoms with Crippen molar-refractivity contribution in [3.05, 3.63) is 0 Å². The number of ether oxygens (including phenoxy) is 1. The molecule has 2 unspecified atom stereocenters. The molecular weight excluding hydrogens is 178 g/mol. The van der Waals surface area contributed by atoms with Gasteiger partial charge in [0.15, 0.2) is 0 Å². The predicted octanol–water partition coefficient (Wildman–Crippen LogP) is 1.08. The highest BCUT2D eigenvalue weighted by molar-refractivity contribution is 5.88. The Balaban J connectivity index is 2.34. The Labute approximate surface area is 85.2 Å². The molecule has 2 atom stereocenters. The second kappa shape index (κ2) is 5.66. The van der Waals surface area contributed by atoms with Crippen LogP contribution in [0.5, 0.6) is 0 Å². The molecule has 1 heterocycles. The highest BCUT2D eigenvalue weighted by Gasteiger charge is 2.20. The first-order chi connectivity index (χ1) is 6.76. The van der Waals surface area contributed by atoms with Gasteiger partial charge in [-0.3, -0.25) is 0 Å². The van der Waals surface area contributed by atoms with Gasteiger partial charge in [0.2, 0.25) is 0 Å². The molecule has 1 rings (SSSR count). The van der Waals surface area contributed by atoms with E-state index in [1.54, 1.807) is 6.92 Å². The summed E-state index contributed by atoms with van der Waals surface area (Å²) in [4.78, 5) is 10.9. The summed E-state index contributed by atoms with van der Waals surface area (Å²) in [6, 6.07) is 0.737. The molecule has 1 aliphatic heterocycles. The first kappa shape index (κ1) is 11.1. The standard InChI is InChI=1S/C11H17NO2/c1-3-9-5-6-10(12-9)7-8-11(13)14-4-2/h9-10,12H,3-6H2,1-2H3. The van der Waals surface area contributed by atoms with Gasteiger partial charge in [0.1, 0.15) is 0 Å². The van der Waals surface area contributed by atoms with E-state index < -0.39 is 5.97 Å². The van der Waals surface area contributed by atoms with Crippen LogP contribution < -0.4 is 5.32 Å². The van der Waals surface area contributed by atoms with E-state index >= 15 is 0 Å². The molecule has 0 amide bonds. The lowest BCUT2D eigenvalue weighted by Gasteiger charge is -2.06. The fourth-order valence-corrected chi connectivity index (χ4v) is 1.57. The minimum absolute atomic E-state index is 0.171. The predicted molar refractivity (Wildman–Crippen MR) is 54.6 cm³/mol. The molecule has 0 aromatic carbocycles. The zero-order chi connectivity index (χ0) is 10.4. The summed E-state index contributed by atoms with van der Waals surface area (Å²) in [5.41, 5.74) is 0. The molecule has 1 saturated heterocycles. The van der Waals surface area contributed by atoms with Crippen LogP contribution in [0, 0.1) is 11.8 Å². The van der Waals surface area contributed by atoms with Crippen molar-refractivity contribution in [1.82, 2.24) is 5.32 Å². The maximum atomic E-state index is 10.9. The van der Waals surface area contributed by atoms with Crippen LogP contribution in [0.3, 0.4) is 0 Å². The molecular formula is C11H17NO2. The van der Waals surface area contributed by atoms with Gasteiger partial charge >= 0.3 is 5.97 Å². The van der Waals surface area contributed by atoms with Crippen molar-refractivity contribution in [2.45, 2.75) is 45.2 Å². The lowest BCUT2D eigenvalue weighted by atomic mass is 10.1. The number of carbonyl (C=O) groups excluding carboxylic acids is 1. The van der Waals surface area contributed by atoms with Crippen molar-refractivity contribution in [2.75, 3.05) is 6.61 Å². The van der Waals surface area contributed by atoms with Crippen LogP contribution in [-0.2, 0) is 9.53 Å². The van der Waals surface area contributed by atoms with E-state index in [0.717, 1.165) is 19.3 Å². The molecule has 0 aromatic heterocycles. The van der Waals surface area contributed by atoms with Crippen LogP contribution in [0.2, 0.25) is 0 Å².